The third-order valence-electron chi connectivity index (χ3n) is 4.74. The number of hydrogen-bond acceptors (Lipinski definition) is 4. The van der Waals surface area contributed by atoms with Crippen molar-refractivity contribution >= 4 is 37.3 Å². The maximum atomic E-state index is 12.4. The van der Waals surface area contributed by atoms with E-state index in [9.17, 15) is 8.42 Å². The molecule has 1 N–H and O–H groups in total. The Morgan fingerprint density at radius 3 is 2.62 bits per heavy atom. The van der Waals surface area contributed by atoms with Gasteiger partial charge in [-0.2, -0.15) is 5.10 Å². The molecule has 0 atom stereocenters. The number of thiophene rings is 1. The van der Waals surface area contributed by atoms with E-state index in [1.54, 1.807) is 12.1 Å². The third-order valence-corrected chi connectivity index (χ3v) is 8.25. The zero-order valence-electron chi connectivity index (χ0n) is 13.2. The van der Waals surface area contributed by atoms with E-state index in [1.165, 1.54) is 55.6 Å². The Balaban J connectivity index is 1.51. The first-order chi connectivity index (χ1) is 11.5. The van der Waals surface area contributed by atoms with Gasteiger partial charge in [-0.15, -0.1) is 11.3 Å². The van der Waals surface area contributed by atoms with Crippen molar-refractivity contribution in [1.82, 2.24) is 14.5 Å². The van der Waals surface area contributed by atoms with E-state index in [0.29, 0.717) is 16.2 Å². The lowest BCUT2D eigenvalue weighted by Crippen LogP contribution is -2.22. The second-order valence-corrected chi connectivity index (χ2v) is 11.1. The van der Waals surface area contributed by atoms with Gasteiger partial charge in [-0.25, -0.2) is 13.1 Å². The normalized spacial score (nSPS) is 19.2. The Hall–Kier alpha value is -0.700. The van der Waals surface area contributed by atoms with Crippen LogP contribution in [0.15, 0.2) is 26.2 Å². The van der Waals surface area contributed by atoms with Gasteiger partial charge in [0.2, 0.25) is 10.0 Å². The first kappa shape index (κ1) is 16.8. The molecule has 2 saturated carbocycles. The molecule has 0 amide bonds. The van der Waals surface area contributed by atoms with Gasteiger partial charge in [-0.1, -0.05) is 12.8 Å². The Kier molecular flexibility index (Phi) is 4.57. The summed E-state index contributed by atoms with van der Waals surface area (Å²) in [7, 11) is -3.48. The predicted octanol–water partition coefficient (Wildman–Crippen LogP) is 4.18. The number of sulfonamides is 1. The Bertz CT molecular complexity index is 833. The highest BCUT2D eigenvalue weighted by atomic mass is 79.9. The van der Waals surface area contributed by atoms with Gasteiger partial charge >= 0.3 is 0 Å². The van der Waals surface area contributed by atoms with Crippen molar-refractivity contribution in [3.63, 3.8) is 0 Å². The van der Waals surface area contributed by atoms with Crippen molar-refractivity contribution < 1.29 is 8.42 Å². The van der Waals surface area contributed by atoms with Crippen LogP contribution in [0.5, 0.6) is 0 Å². The fraction of sp³-hybridized carbons (Fsp3) is 0.562. The lowest BCUT2D eigenvalue weighted by Gasteiger charge is -2.13. The van der Waals surface area contributed by atoms with Crippen molar-refractivity contribution in [1.29, 1.82) is 0 Å². The standard InChI is InChI=1S/C16H20BrN3O2S2/c17-15-7-8-16(23-15)24(21,22)18-10-12-9-14(11-5-6-11)20(19-12)13-3-1-2-4-13/h7-9,11,13,18H,1-6,10H2. The maximum Gasteiger partial charge on any atom is 0.250 e. The molecule has 2 aliphatic rings. The molecule has 0 bridgehead atoms. The minimum Gasteiger partial charge on any atom is -0.266 e. The molecule has 5 nitrogen and oxygen atoms in total. The van der Waals surface area contributed by atoms with Crippen LogP contribution >= 0.6 is 27.3 Å². The van der Waals surface area contributed by atoms with Gasteiger partial charge < -0.3 is 0 Å². The minimum atomic E-state index is -3.48. The van der Waals surface area contributed by atoms with Crippen LogP contribution in [-0.2, 0) is 16.6 Å². The lowest BCUT2D eigenvalue weighted by molar-refractivity contribution is 0.446. The van der Waals surface area contributed by atoms with Crippen LogP contribution in [0.25, 0.3) is 0 Å². The average Bonchev–Trinajstić information content (AvgIpc) is 2.96. The Labute approximate surface area is 154 Å². The fourth-order valence-electron chi connectivity index (χ4n) is 3.36. The van der Waals surface area contributed by atoms with Crippen LogP contribution in [-0.4, -0.2) is 18.2 Å². The summed E-state index contributed by atoms with van der Waals surface area (Å²) in [6.45, 7) is 0.247. The number of aromatic nitrogens is 2. The van der Waals surface area contributed by atoms with Gasteiger partial charge in [-0.05, 0) is 59.8 Å². The molecule has 2 aromatic rings. The number of nitrogens with zero attached hydrogens (tertiary/aromatic N) is 2. The van der Waals surface area contributed by atoms with Gasteiger partial charge in [0.15, 0.2) is 0 Å². The van der Waals surface area contributed by atoms with Gasteiger partial charge in [0.25, 0.3) is 0 Å². The van der Waals surface area contributed by atoms with E-state index >= 15 is 0 Å². The molecule has 2 aromatic heterocycles. The van der Waals surface area contributed by atoms with E-state index in [2.05, 4.69) is 31.4 Å². The smallest absolute Gasteiger partial charge is 0.250 e. The highest BCUT2D eigenvalue weighted by Gasteiger charge is 2.31. The molecule has 2 heterocycles. The topological polar surface area (TPSA) is 64.0 Å². The van der Waals surface area contributed by atoms with Crippen LogP contribution in [0.3, 0.4) is 0 Å². The number of nitrogens with one attached hydrogen (secondary N) is 1. The van der Waals surface area contributed by atoms with Crippen LogP contribution < -0.4 is 4.72 Å². The zero-order valence-corrected chi connectivity index (χ0v) is 16.5. The largest absolute Gasteiger partial charge is 0.266 e. The highest BCUT2D eigenvalue weighted by molar-refractivity contribution is 9.11. The molecule has 130 valence electrons. The summed E-state index contributed by atoms with van der Waals surface area (Å²) in [4.78, 5) is 0. The number of halogens is 1. The van der Waals surface area contributed by atoms with Gasteiger partial charge in [0, 0.05) is 11.6 Å². The molecule has 0 spiro atoms. The summed E-state index contributed by atoms with van der Waals surface area (Å²) in [6, 6.07) is 5.96. The second kappa shape index (κ2) is 6.55. The summed E-state index contributed by atoms with van der Waals surface area (Å²) in [5, 5.41) is 4.74. The molecule has 0 saturated heterocycles. The van der Waals surface area contributed by atoms with Crippen molar-refractivity contribution in [2.24, 2.45) is 0 Å². The SMILES string of the molecule is O=S(=O)(NCc1cc(C2CC2)n(C2CCCC2)n1)c1ccc(Br)s1. The second-order valence-electron chi connectivity index (χ2n) is 6.60. The molecular formula is C16H20BrN3O2S2. The number of rotatable bonds is 6. The van der Waals surface area contributed by atoms with E-state index in [0.717, 1.165) is 9.48 Å². The Morgan fingerprint density at radius 2 is 2.00 bits per heavy atom. The summed E-state index contributed by atoms with van der Waals surface area (Å²) in [5.41, 5.74) is 2.12. The highest BCUT2D eigenvalue weighted by Crippen LogP contribution is 2.43. The predicted molar refractivity (Wildman–Crippen MR) is 97.8 cm³/mol. The maximum absolute atomic E-state index is 12.4. The molecule has 0 aliphatic heterocycles. The first-order valence-corrected chi connectivity index (χ1v) is 11.5. The van der Waals surface area contributed by atoms with E-state index < -0.39 is 10.0 Å². The molecule has 0 unspecified atom stereocenters. The molecule has 8 heteroatoms. The quantitative estimate of drug-likeness (QED) is 0.748. The average molecular weight is 430 g/mol. The van der Waals surface area contributed by atoms with Crippen molar-refractivity contribution in [2.45, 2.75) is 61.2 Å². The number of hydrogen-bond donors (Lipinski definition) is 1. The van der Waals surface area contributed by atoms with Crippen LogP contribution in [0.2, 0.25) is 0 Å². The summed E-state index contributed by atoms with van der Waals surface area (Å²) < 4.78 is 30.7. The molecule has 0 aromatic carbocycles. The zero-order chi connectivity index (χ0) is 16.7. The monoisotopic (exact) mass is 429 g/mol. The minimum absolute atomic E-state index is 0.247. The van der Waals surface area contributed by atoms with E-state index in [1.807, 2.05) is 0 Å². The molecule has 4 rings (SSSR count). The van der Waals surface area contributed by atoms with Crippen LogP contribution in [0, 0.1) is 0 Å². The van der Waals surface area contributed by atoms with Crippen molar-refractivity contribution in [3.05, 3.63) is 33.4 Å². The molecule has 2 aliphatic carbocycles. The van der Waals surface area contributed by atoms with Crippen LogP contribution in [0.1, 0.15) is 61.9 Å². The molecular weight excluding hydrogens is 410 g/mol. The van der Waals surface area contributed by atoms with Gasteiger partial charge in [0.05, 0.1) is 22.1 Å². The van der Waals surface area contributed by atoms with Gasteiger partial charge in [-0.3, -0.25) is 4.68 Å². The molecule has 24 heavy (non-hydrogen) atoms. The Morgan fingerprint density at radius 1 is 1.25 bits per heavy atom. The first-order valence-electron chi connectivity index (χ1n) is 8.36. The van der Waals surface area contributed by atoms with Crippen molar-refractivity contribution in [2.75, 3.05) is 0 Å². The summed E-state index contributed by atoms with van der Waals surface area (Å²) in [5.74, 6) is 0.622. The third kappa shape index (κ3) is 3.47. The van der Waals surface area contributed by atoms with E-state index in [-0.39, 0.29) is 6.54 Å². The lowest BCUT2D eigenvalue weighted by atomic mass is 10.2. The summed E-state index contributed by atoms with van der Waals surface area (Å²) >= 11 is 4.52. The van der Waals surface area contributed by atoms with Crippen molar-refractivity contribution in [3.8, 4) is 0 Å². The molecule has 0 radical (unpaired) electrons. The van der Waals surface area contributed by atoms with Gasteiger partial charge in [0.1, 0.15) is 4.21 Å². The molecule has 2 fully saturated rings. The summed E-state index contributed by atoms with van der Waals surface area (Å²) in [6.07, 6.45) is 7.37. The fourth-order valence-corrected chi connectivity index (χ4v) is 6.41. The van der Waals surface area contributed by atoms with Crippen LogP contribution in [0.4, 0.5) is 0 Å². The van der Waals surface area contributed by atoms with E-state index in [4.69, 9.17) is 5.10 Å².